The second-order valence-corrected chi connectivity index (χ2v) is 5.31. The molecular formula is C14H18ClN3O2. The maximum absolute atomic E-state index is 12.1. The van der Waals surface area contributed by atoms with Crippen molar-refractivity contribution in [2.75, 3.05) is 7.11 Å². The van der Waals surface area contributed by atoms with Gasteiger partial charge in [0, 0.05) is 5.69 Å². The Labute approximate surface area is 122 Å². The Bertz CT molecular complexity index is 637. The fourth-order valence-corrected chi connectivity index (χ4v) is 2.49. The summed E-state index contributed by atoms with van der Waals surface area (Å²) in [5.41, 5.74) is 2.28. The third-order valence-corrected chi connectivity index (χ3v) is 3.46. The number of fused-ring (bicyclic) bond motifs is 1. The minimum Gasteiger partial charge on any atom is -0.467 e. The third kappa shape index (κ3) is 2.50. The van der Waals surface area contributed by atoms with Gasteiger partial charge in [-0.05, 0) is 25.0 Å². The molecule has 0 spiro atoms. The number of imidazole rings is 1. The van der Waals surface area contributed by atoms with Crippen molar-refractivity contribution >= 4 is 28.7 Å². The van der Waals surface area contributed by atoms with Crippen LogP contribution < -0.4 is 0 Å². The molecule has 2 aromatic rings. The standard InChI is InChI=1S/C14H18ClN3O2/c1-8(2)12(14(19)20-4)18-11(7-15)17-10-6-5-9(3)16-13(10)18/h5-6,8,12H,7H2,1-4H3. The van der Waals surface area contributed by atoms with Gasteiger partial charge < -0.3 is 4.74 Å². The maximum atomic E-state index is 12.1. The van der Waals surface area contributed by atoms with Crippen LogP contribution in [-0.4, -0.2) is 27.6 Å². The second-order valence-electron chi connectivity index (χ2n) is 5.04. The van der Waals surface area contributed by atoms with E-state index in [9.17, 15) is 4.79 Å². The molecule has 6 heteroatoms. The zero-order valence-corrected chi connectivity index (χ0v) is 12.8. The number of nitrogens with zero attached hydrogens (tertiary/aromatic N) is 3. The Balaban J connectivity index is 2.71. The quantitative estimate of drug-likeness (QED) is 0.643. The summed E-state index contributed by atoms with van der Waals surface area (Å²) in [5.74, 6) is 0.581. The molecule has 0 aliphatic rings. The molecule has 1 atom stereocenters. The van der Waals surface area contributed by atoms with Gasteiger partial charge in [-0.3, -0.25) is 4.57 Å². The summed E-state index contributed by atoms with van der Waals surface area (Å²) in [6, 6.07) is 3.30. The number of methoxy groups -OCH3 is 1. The molecule has 2 rings (SSSR count). The highest BCUT2D eigenvalue weighted by Gasteiger charge is 2.29. The van der Waals surface area contributed by atoms with E-state index in [2.05, 4.69) is 9.97 Å². The normalized spacial score (nSPS) is 12.9. The van der Waals surface area contributed by atoms with E-state index in [0.717, 1.165) is 11.2 Å². The van der Waals surface area contributed by atoms with E-state index >= 15 is 0 Å². The van der Waals surface area contributed by atoms with E-state index in [-0.39, 0.29) is 17.8 Å². The van der Waals surface area contributed by atoms with Gasteiger partial charge in [-0.15, -0.1) is 11.6 Å². The van der Waals surface area contributed by atoms with Crippen LogP contribution >= 0.6 is 11.6 Å². The van der Waals surface area contributed by atoms with Gasteiger partial charge in [-0.25, -0.2) is 14.8 Å². The SMILES string of the molecule is COC(=O)C(C(C)C)n1c(CCl)nc2ccc(C)nc21. The zero-order valence-electron chi connectivity index (χ0n) is 12.1. The molecule has 0 saturated carbocycles. The molecule has 2 aromatic heterocycles. The summed E-state index contributed by atoms with van der Waals surface area (Å²) in [7, 11) is 1.38. The van der Waals surface area contributed by atoms with Gasteiger partial charge in [0.25, 0.3) is 0 Å². The largest absolute Gasteiger partial charge is 0.467 e. The third-order valence-electron chi connectivity index (χ3n) is 3.22. The van der Waals surface area contributed by atoms with Crippen LogP contribution in [0.2, 0.25) is 0 Å². The number of ether oxygens (including phenoxy) is 1. The smallest absolute Gasteiger partial charge is 0.329 e. The molecular weight excluding hydrogens is 278 g/mol. The molecule has 108 valence electrons. The Morgan fingerprint density at radius 3 is 2.65 bits per heavy atom. The number of hydrogen-bond donors (Lipinski definition) is 0. The van der Waals surface area contributed by atoms with Crippen molar-refractivity contribution in [1.29, 1.82) is 0 Å². The Hall–Kier alpha value is -1.62. The summed E-state index contributed by atoms with van der Waals surface area (Å²) in [6.45, 7) is 5.82. The van der Waals surface area contributed by atoms with Crippen LogP contribution in [0.4, 0.5) is 0 Å². The second kappa shape index (κ2) is 5.79. The van der Waals surface area contributed by atoms with Crippen LogP contribution in [0.1, 0.15) is 31.4 Å². The highest BCUT2D eigenvalue weighted by Crippen LogP contribution is 2.27. The minimum absolute atomic E-state index is 0.0455. The summed E-state index contributed by atoms with van der Waals surface area (Å²) < 4.78 is 6.72. The number of alkyl halides is 1. The number of aromatic nitrogens is 3. The fourth-order valence-electron chi connectivity index (χ4n) is 2.30. The van der Waals surface area contributed by atoms with Crippen molar-refractivity contribution < 1.29 is 9.53 Å². The molecule has 5 nitrogen and oxygen atoms in total. The predicted molar refractivity (Wildman–Crippen MR) is 77.7 cm³/mol. The first-order valence-corrected chi connectivity index (χ1v) is 7.01. The van der Waals surface area contributed by atoms with Crippen LogP contribution in [0.15, 0.2) is 12.1 Å². The molecule has 0 aromatic carbocycles. The number of halogens is 1. The number of hydrogen-bond acceptors (Lipinski definition) is 4. The Morgan fingerprint density at radius 2 is 2.10 bits per heavy atom. The average Bonchev–Trinajstić information content (AvgIpc) is 2.76. The lowest BCUT2D eigenvalue weighted by atomic mass is 10.0. The monoisotopic (exact) mass is 295 g/mol. The van der Waals surface area contributed by atoms with Gasteiger partial charge in [-0.1, -0.05) is 13.8 Å². The lowest BCUT2D eigenvalue weighted by Gasteiger charge is -2.22. The van der Waals surface area contributed by atoms with Gasteiger partial charge in [0.05, 0.1) is 13.0 Å². The molecule has 20 heavy (non-hydrogen) atoms. The van der Waals surface area contributed by atoms with E-state index in [1.165, 1.54) is 7.11 Å². The van der Waals surface area contributed by atoms with Crippen LogP contribution in [0.3, 0.4) is 0 Å². The molecule has 0 amide bonds. The highest BCUT2D eigenvalue weighted by atomic mass is 35.5. The summed E-state index contributed by atoms with van der Waals surface area (Å²) >= 11 is 5.98. The average molecular weight is 296 g/mol. The van der Waals surface area contributed by atoms with Gasteiger partial charge >= 0.3 is 5.97 Å². The number of carbonyl (C=O) groups is 1. The number of carbonyl (C=O) groups excluding carboxylic acids is 1. The molecule has 0 fully saturated rings. The Morgan fingerprint density at radius 1 is 1.40 bits per heavy atom. The maximum Gasteiger partial charge on any atom is 0.329 e. The first-order valence-electron chi connectivity index (χ1n) is 6.47. The van der Waals surface area contributed by atoms with Crippen LogP contribution in [0.5, 0.6) is 0 Å². The van der Waals surface area contributed by atoms with Crippen molar-refractivity contribution in [2.45, 2.75) is 32.7 Å². The fraction of sp³-hybridized carbons (Fsp3) is 0.500. The van der Waals surface area contributed by atoms with Crippen molar-refractivity contribution in [2.24, 2.45) is 5.92 Å². The molecule has 0 aliphatic carbocycles. The lowest BCUT2D eigenvalue weighted by molar-refractivity contribution is -0.146. The van der Waals surface area contributed by atoms with E-state index in [0.29, 0.717) is 11.5 Å². The first-order chi connectivity index (χ1) is 9.49. The van der Waals surface area contributed by atoms with E-state index in [1.807, 2.05) is 32.9 Å². The van der Waals surface area contributed by atoms with E-state index in [4.69, 9.17) is 16.3 Å². The highest BCUT2D eigenvalue weighted by molar-refractivity contribution is 6.16. The topological polar surface area (TPSA) is 57.0 Å². The van der Waals surface area contributed by atoms with Crippen LogP contribution in [0, 0.1) is 12.8 Å². The van der Waals surface area contributed by atoms with Crippen molar-refractivity contribution in [1.82, 2.24) is 14.5 Å². The molecule has 0 bridgehead atoms. The molecule has 2 heterocycles. The molecule has 0 saturated heterocycles. The van der Waals surface area contributed by atoms with E-state index in [1.54, 1.807) is 4.57 Å². The van der Waals surface area contributed by atoms with Crippen LogP contribution in [0.25, 0.3) is 11.2 Å². The number of rotatable bonds is 4. The lowest BCUT2D eigenvalue weighted by Crippen LogP contribution is -2.27. The predicted octanol–water partition coefficient (Wildman–Crippen LogP) is 2.85. The van der Waals surface area contributed by atoms with Gasteiger partial charge in [0.1, 0.15) is 17.4 Å². The summed E-state index contributed by atoms with van der Waals surface area (Å²) in [6.07, 6.45) is 0. The van der Waals surface area contributed by atoms with Gasteiger partial charge in [0.2, 0.25) is 0 Å². The Kier molecular flexibility index (Phi) is 4.28. The van der Waals surface area contributed by atoms with Crippen molar-refractivity contribution in [3.05, 3.63) is 23.7 Å². The molecule has 0 N–H and O–H groups in total. The number of pyridine rings is 1. The van der Waals surface area contributed by atoms with E-state index < -0.39 is 6.04 Å². The number of aryl methyl sites for hydroxylation is 1. The van der Waals surface area contributed by atoms with Crippen molar-refractivity contribution in [3.63, 3.8) is 0 Å². The summed E-state index contributed by atoms with van der Waals surface area (Å²) in [4.78, 5) is 21.1. The minimum atomic E-state index is -0.479. The summed E-state index contributed by atoms with van der Waals surface area (Å²) in [5, 5.41) is 0. The first kappa shape index (κ1) is 14.8. The van der Waals surface area contributed by atoms with Crippen molar-refractivity contribution in [3.8, 4) is 0 Å². The molecule has 1 unspecified atom stereocenters. The zero-order chi connectivity index (χ0) is 14.9. The van der Waals surface area contributed by atoms with Gasteiger partial charge in [-0.2, -0.15) is 0 Å². The van der Waals surface area contributed by atoms with Gasteiger partial charge in [0.15, 0.2) is 5.65 Å². The molecule has 0 radical (unpaired) electrons. The van der Waals surface area contributed by atoms with Crippen LogP contribution in [-0.2, 0) is 15.4 Å². The number of esters is 1. The molecule has 0 aliphatic heterocycles.